The van der Waals surface area contributed by atoms with E-state index in [-0.39, 0.29) is 23.4 Å². The van der Waals surface area contributed by atoms with Crippen molar-refractivity contribution in [3.05, 3.63) is 34.5 Å². The maximum Gasteiger partial charge on any atom is 0.340 e. The van der Waals surface area contributed by atoms with Gasteiger partial charge in [-0.1, -0.05) is 0 Å². The Balaban J connectivity index is 1.36. The average Bonchev–Trinajstić information content (AvgIpc) is 3.22. The zero-order chi connectivity index (χ0) is 15.1. The molecule has 8 heteroatoms. The van der Waals surface area contributed by atoms with Crippen LogP contribution in [0, 0.1) is 5.92 Å². The number of hydrogen-bond donors (Lipinski definition) is 2. The number of aromatic nitrogens is 5. The number of fused-ring (bicyclic) bond motifs is 1. The average molecular weight is 302 g/mol. The summed E-state index contributed by atoms with van der Waals surface area (Å²) in [5.41, 5.74) is -0.270. The highest BCUT2D eigenvalue weighted by Crippen LogP contribution is 2.27. The number of carbonyl (C=O) groups is 1. The molecule has 116 valence electrons. The Morgan fingerprint density at radius 2 is 2.14 bits per heavy atom. The summed E-state index contributed by atoms with van der Waals surface area (Å²) in [6, 6.07) is 0. The first kappa shape index (κ1) is 13.3. The minimum atomic E-state index is -0.270. The molecule has 4 heterocycles. The summed E-state index contributed by atoms with van der Waals surface area (Å²) in [6.45, 7) is 2.18. The number of likely N-dealkylation sites (tertiary alicyclic amines) is 1. The van der Waals surface area contributed by atoms with Crippen LogP contribution in [0.4, 0.5) is 0 Å². The van der Waals surface area contributed by atoms with E-state index in [1.807, 2.05) is 11.1 Å². The van der Waals surface area contributed by atoms with E-state index in [0.717, 1.165) is 44.7 Å². The molecule has 0 aromatic carbocycles. The molecule has 4 rings (SSSR count). The number of nitrogens with zero attached hydrogens (tertiary/aromatic N) is 4. The van der Waals surface area contributed by atoms with E-state index in [4.69, 9.17) is 0 Å². The zero-order valence-corrected chi connectivity index (χ0v) is 12.2. The highest BCUT2D eigenvalue weighted by atomic mass is 16.2. The summed E-state index contributed by atoms with van der Waals surface area (Å²) in [7, 11) is 0. The summed E-state index contributed by atoms with van der Waals surface area (Å²) in [5.74, 6) is 2.17. The zero-order valence-electron chi connectivity index (χ0n) is 12.2. The fourth-order valence-electron chi connectivity index (χ4n) is 3.49. The van der Waals surface area contributed by atoms with Crippen molar-refractivity contribution in [2.24, 2.45) is 5.92 Å². The van der Waals surface area contributed by atoms with Gasteiger partial charge in [0, 0.05) is 44.4 Å². The third-order valence-corrected chi connectivity index (χ3v) is 4.71. The van der Waals surface area contributed by atoms with Crippen molar-refractivity contribution < 1.29 is 4.79 Å². The monoisotopic (exact) mass is 302 g/mol. The number of aromatic amines is 2. The summed E-state index contributed by atoms with van der Waals surface area (Å²) in [6.07, 6.45) is 6.13. The van der Waals surface area contributed by atoms with Gasteiger partial charge in [-0.3, -0.25) is 9.78 Å². The molecular weight excluding hydrogens is 284 g/mol. The third kappa shape index (κ3) is 2.24. The molecule has 2 aliphatic rings. The van der Waals surface area contributed by atoms with Crippen LogP contribution in [0.25, 0.3) is 0 Å². The molecule has 1 amide bonds. The lowest BCUT2D eigenvalue weighted by molar-refractivity contribution is -0.136. The summed E-state index contributed by atoms with van der Waals surface area (Å²) in [5, 5.41) is 6.40. The minimum absolute atomic E-state index is 0.0189. The second-order valence-electron chi connectivity index (χ2n) is 6.06. The van der Waals surface area contributed by atoms with Crippen LogP contribution in [-0.4, -0.2) is 48.6 Å². The molecular formula is C14H18N6O2. The van der Waals surface area contributed by atoms with Gasteiger partial charge in [0.25, 0.3) is 0 Å². The molecule has 0 spiro atoms. The number of rotatable bonds is 2. The number of carbonyl (C=O) groups excluding carboxylic acids is 1. The van der Waals surface area contributed by atoms with Gasteiger partial charge in [0.2, 0.25) is 5.91 Å². The highest BCUT2D eigenvalue weighted by Gasteiger charge is 2.33. The van der Waals surface area contributed by atoms with Crippen LogP contribution in [0.1, 0.15) is 30.4 Å². The number of imidazole rings is 1. The summed E-state index contributed by atoms with van der Waals surface area (Å²) >= 11 is 0. The van der Waals surface area contributed by atoms with E-state index in [2.05, 4.69) is 24.7 Å². The van der Waals surface area contributed by atoms with Crippen molar-refractivity contribution >= 4 is 5.91 Å². The standard InChI is InChI=1S/C14H18N6O2/c21-13(10-7-11-15-3-6-20(11)8-10)19-4-1-9(2-5-19)12-16-14(22)18-17-12/h3,6,9-10H,1-2,4-5,7-8H2,(H2,16,17,18,22). The minimum Gasteiger partial charge on any atom is -0.342 e. The van der Waals surface area contributed by atoms with Gasteiger partial charge in [-0.2, -0.15) is 5.10 Å². The van der Waals surface area contributed by atoms with Crippen molar-refractivity contribution in [1.82, 2.24) is 29.6 Å². The number of nitrogens with one attached hydrogen (secondary N) is 2. The fraction of sp³-hybridized carbons (Fsp3) is 0.571. The third-order valence-electron chi connectivity index (χ3n) is 4.71. The Hall–Kier alpha value is -2.38. The van der Waals surface area contributed by atoms with Crippen LogP contribution in [0.5, 0.6) is 0 Å². The normalized spacial score (nSPS) is 22.0. The van der Waals surface area contributed by atoms with Crippen LogP contribution in [0.2, 0.25) is 0 Å². The van der Waals surface area contributed by atoms with Gasteiger partial charge in [-0.25, -0.2) is 14.9 Å². The Morgan fingerprint density at radius 3 is 2.82 bits per heavy atom. The second kappa shape index (κ2) is 5.11. The summed E-state index contributed by atoms with van der Waals surface area (Å²) in [4.78, 5) is 32.7. The second-order valence-corrected chi connectivity index (χ2v) is 6.06. The molecule has 1 fully saturated rings. The van der Waals surface area contributed by atoms with Gasteiger partial charge in [0.15, 0.2) is 0 Å². The Kier molecular flexibility index (Phi) is 3.09. The lowest BCUT2D eigenvalue weighted by atomic mass is 9.95. The van der Waals surface area contributed by atoms with Crippen molar-refractivity contribution in [3.63, 3.8) is 0 Å². The molecule has 2 aromatic rings. The molecule has 8 nitrogen and oxygen atoms in total. The first-order valence-electron chi connectivity index (χ1n) is 7.64. The van der Waals surface area contributed by atoms with Crippen molar-refractivity contribution in [2.45, 2.75) is 31.7 Å². The molecule has 2 N–H and O–H groups in total. The van der Waals surface area contributed by atoms with Gasteiger partial charge in [0.05, 0.1) is 5.92 Å². The summed E-state index contributed by atoms with van der Waals surface area (Å²) < 4.78 is 2.06. The van der Waals surface area contributed by atoms with Crippen LogP contribution in [0.15, 0.2) is 17.2 Å². The Labute approximate surface area is 126 Å². The topological polar surface area (TPSA) is 99.7 Å². The first-order chi connectivity index (χ1) is 10.7. The first-order valence-corrected chi connectivity index (χ1v) is 7.64. The molecule has 0 bridgehead atoms. The molecule has 1 atom stereocenters. The smallest absolute Gasteiger partial charge is 0.340 e. The number of hydrogen-bond acceptors (Lipinski definition) is 4. The van der Waals surface area contributed by atoms with Crippen molar-refractivity contribution in [2.75, 3.05) is 13.1 Å². The number of piperidine rings is 1. The lowest BCUT2D eigenvalue weighted by Gasteiger charge is -2.32. The van der Waals surface area contributed by atoms with Gasteiger partial charge in [-0.15, -0.1) is 0 Å². The maximum atomic E-state index is 12.6. The maximum absolute atomic E-state index is 12.6. The predicted molar refractivity (Wildman–Crippen MR) is 77.2 cm³/mol. The van der Waals surface area contributed by atoms with E-state index in [1.165, 1.54) is 0 Å². The largest absolute Gasteiger partial charge is 0.342 e. The van der Waals surface area contributed by atoms with E-state index >= 15 is 0 Å². The van der Waals surface area contributed by atoms with Crippen LogP contribution < -0.4 is 5.69 Å². The lowest BCUT2D eigenvalue weighted by Crippen LogP contribution is -2.42. The molecule has 22 heavy (non-hydrogen) atoms. The van der Waals surface area contributed by atoms with Crippen molar-refractivity contribution in [1.29, 1.82) is 0 Å². The van der Waals surface area contributed by atoms with Gasteiger partial charge in [-0.05, 0) is 12.8 Å². The number of amides is 1. The van der Waals surface area contributed by atoms with Gasteiger partial charge >= 0.3 is 5.69 Å². The van der Waals surface area contributed by atoms with E-state index < -0.39 is 0 Å². The molecule has 1 unspecified atom stereocenters. The number of H-pyrrole nitrogens is 2. The van der Waals surface area contributed by atoms with E-state index in [9.17, 15) is 9.59 Å². The van der Waals surface area contributed by atoms with Gasteiger partial charge in [0.1, 0.15) is 11.6 Å². The predicted octanol–water partition coefficient (Wildman–Crippen LogP) is -0.127. The Bertz CT molecular complexity index is 716. The van der Waals surface area contributed by atoms with Gasteiger partial charge < -0.3 is 9.47 Å². The molecule has 0 saturated carbocycles. The Morgan fingerprint density at radius 1 is 1.32 bits per heavy atom. The molecule has 2 aliphatic heterocycles. The van der Waals surface area contributed by atoms with Crippen molar-refractivity contribution in [3.8, 4) is 0 Å². The molecule has 1 saturated heterocycles. The van der Waals surface area contributed by atoms with E-state index in [0.29, 0.717) is 5.82 Å². The van der Waals surface area contributed by atoms with Crippen LogP contribution >= 0.6 is 0 Å². The fourth-order valence-corrected chi connectivity index (χ4v) is 3.49. The van der Waals surface area contributed by atoms with Crippen LogP contribution in [-0.2, 0) is 17.8 Å². The molecule has 2 aromatic heterocycles. The van der Waals surface area contributed by atoms with E-state index in [1.54, 1.807) is 6.20 Å². The molecule has 0 radical (unpaired) electrons. The molecule has 0 aliphatic carbocycles. The SMILES string of the molecule is O=C(C1Cc2nccn2C1)N1CCC(c2n[nH]c(=O)[nH]2)CC1. The highest BCUT2D eigenvalue weighted by molar-refractivity contribution is 5.79. The van der Waals surface area contributed by atoms with Crippen LogP contribution in [0.3, 0.4) is 0 Å². The quantitative estimate of drug-likeness (QED) is 0.807.